The Labute approximate surface area is 67.4 Å². The molecule has 1 heterocycles. The van der Waals surface area contributed by atoms with E-state index in [9.17, 15) is 4.91 Å². The van der Waals surface area contributed by atoms with Crippen LogP contribution in [0.1, 0.15) is 0 Å². The van der Waals surface area contributed by atoms with Crippen molar-refractivity contribution in [3.63, 3.8) is 0 Å². The molecule has 1 aromatic carbocycles. The van der Waals surface area contributed by atoms with Crippen molar-refractivity contribution in [1.82, 2.24) is 0 Å². The Morgan fingerprint density at radius 3 is 2.58 bits per heavy atom. The number of nitroso groups, excluding NO2 is 1. The van der Waals surface area contributed by atoms with Gasteiger partial charge in [0.05, 0.1) is 10.8 Å². The summed E-state index contributed by atoms with van der Waals surface area (Å²) in [6.45, 7) is 0. The number of hydrogen-bond donors (Lipinski definition) is 1. The van der Waals surface area contributed by atoms with Crippen molar-refractivity contribution in [1.29, 1.82) is 0 Å². The summed E-state index contributed by atoms with van der Waals surface area (Å²) in [5.41, 5.74) is 0. The highest BCUT2D eigenvalue weighted by Crippen LogP contribution is 2.35. The number of furan rings is 1. The van der Waals surface area contributed by atoms with Crippen LogP contribution >= 0.6 is 0 Å². The average Bonchev–Trinajstić information content (AvgIpc) is 2.44. The third kappa shape index (κ3) is 0.780. The Balaban J connectivity index is 2.91. The first-order valence-corrected chi connectivity index (χ1v) is 3.37. The fourth-order valence-electron chi connectivity index (χ4n) is 1.13. The van der Waals surface area contributed by atoms with Gasteiger partial charge in [-0.3, -0.25) is 0 Å². The van der Waals surface area contributed by atoms with Crippen molar-refractivity contribution >= 4 is 16.7 Å². The first-order valence-electron chi connectivity index (χ1n) is 3.37. The molecule has 0 radical (unpaired) electrons. The van der Waals surface area contributed by atoms with Gasteiger partial charge in [0.2, 0.25) is 0 Å². The molecule has 0 amide bonds. The van der Waals surface area contributed by atoms with E-state index in [2.05, 4.69) is 5.18 Å². The number of hydrogen-bond acceptors (Lipinski definition) is 4. The molecule has 0 aliphatic heterocycles. The van der Waals surface area contributed by atoms with Crippen LogP contribution in [-0.4, -0.2) is 5.11 Å². The van der Waals surface area contributed by atoms with E-state index >= 15 is 0 Å². The highest BCUT2D eigenvalue weighted by molar-refractivity contribution is 5.94. The molecule has 0 spiro atoms. The molecule has 2 aromatic rings. The van der Waals surface area contributed by atoms with Crippen LogP contribution in [-0.2, 0) is 0 Å². The van der Waals surface area contributed by atoms with Crippen molar-refractivity contribution < 1.29 is 9.52 Å². The van der Waals surface area contributed by atoms with Crippen LogP contribution in [0.25, 0.3) is 10.8 Å². The lowest BCUT2D eigenvalue weighted by Gasteiger charge is -1.83. The first-order chi connectivity index (χ1) is 5.83. The molecule has 0 atom stereocenters. The standard InChI is InChI=1S/C8H5NO3/c10-8-6-4-2-1-3-5(6)7(9-11)12-8/h1-4,10H. The predicted octanol–water partition coefficient (Wildman–Crippen LogP) is 2.54. The van der Waals surface area contributed by atoms with Crippen LogP contribution in [0.5, 0.6) is 5.95 Å². The lowest BCUT2D eigenvalue weighted by Crippen LogP contribution is -1.61. The van der Waals surface area contributed by atoms with E-state index in [0.717, 1.165) is 0 Å². The first kappa shape index (κ1) is 6.84. The molecule has 0 bridgehead atoms. The molecule has 0 saturated carbocycles. The summed E-state index contributed by atoms with van der Waals surface area (Å²) in [5.74, 6) is -0.344. The van der Waals surface area contributed by atoms with Crippen molar-refractivity contribution in [2.45, 2.75) is 0 Å². The van der Waals surface area contributed by atoms with Gasteiger partial charge in [0.25, 0.3) is 11.8 Å². The molecular weight excluding hydrogens is 158 g/mol. The maximum absolute atomic E-state index is 10.2. The van der Waals surface area contributed by atoms with Gasteiger partial charge in [0.1, 0.15) is 0 Å². The second-order valence-corrected chi connectivity index (χ2v) is 2.35. The molecular formula is C8H5NO3. The predicted molar refractivity (Wildman–Crippen MR) is 43.3 cm³/mol. The summed E-state index contributed by atoms with van der Waals surface area (Å²) in [5, 5.41) is 12.8. The topological polar surface area (TPSA) is 62.8 Å². The van der Waals surface area contributed by atoms with Gasteiger partial charge < -0.3 is 9.52 Å². The van der Waals surface area contributed by atoms with Gasteiger partial charge in [0, 0.05) is 5.18 Å². The van der Waals surface area contributed by atoms with Gasteiger partial charge in [-0.2, -0.15) is 0 Å². The van der Waals surface area contributed by atoms with E-state index in [-0.39, 0.29) is 11.8 Å². The van der Waals surface area contributed by atoms with Crippen LogP contribution < -0.4 is 0 Å². The lowest BCUT2D eigenvalue weighted by molar-refractivity contribution is 0.342. The second-order valence-electron chi connectivity index (χ2n) is 2.35. The Kier molecular flexibility index (Phi) is 1.33. The molecule has 0 aliphatic carbocycles. The molecule has 1 N–H and O–H groups in total. The molecule has 12 heavy (non-hydrogen) atoms. The number of fused-ring (bicyclic) bond motifs is 1. The minimum absolute atomic E-state index is 0.0805. The highest BCUT2D eigenvalue weighted by atomic mass is 16.5. The lowest BCUT2D eigenvalue weighted by atomic mass is 10.2. The summed E-state index contributed by atoms with van der Waals surface area (Å²) < 4.78 is 4.69. The van der Waals surface area contributed by atoms with Crippen molar-refractivity contribution in [2.24, 2.45) is 5.18 Å². The quantitative estimate of drug-likeness (QED) is 0.657. The minimum atomic E-state index is -0.264. The third-order valence-electron chi connectivity index (χ3n) is 1.66. The fourth-order valence-corrected chi connectivity index (χ4v) is 1.13. The maximum atomic E-state index is 10.2. The van der Waals surface area contributed by atoms with E-state index < -0.39 is 0 Å². The fraction of sp³-hybridized carbons (Fsp3) is 0. The van der Waals surface area contributed by atoms with E-state index in [0.29, 0.717) is 10.8 Å². The van der Waals surface area contributed by atoms with Gasteiger partial charge in [-0.15, -0.1) is 4.91 Å². The largest absolute Gasteiger partial charge is 0.480 e. The zero-order valence-electron chi connectivity index (χ0n) is 6.02. The summed E-state index contributed by atoms with van der Waals surface area (Å²) in [4.78, 5) is 10.2. The maximum Gasteiger partial charge on any atom is 0.292 e. The number of rotatable bonds is 1. The summed E-state index contributed by atoms with van der Waals surface area (Å²) in [6.07, 6.45) is 0. The molecule has 1 aromatic heterocycles. The van der Waals surface area contributed by atoms with Crippen molar-refractivity contribution in [3.05, 3.63) is 29.2 Å². The van der Waals surface area contributed by atoms with Gasteiger partial charge in [-0.25, -0.2) is 0 Å². The summed E-state index contributed by atoms with van der Waals surface area (Å²) >= 11 is 0. The van der Waals surface area contributed by atoms with E-state index in [4.69, 9.17) is 9.52 Å². The number of aromatic hydroxyl groups is 1. The Hall–Kier alpha value is -1.84. The zero-order valence-corrected chi connectivity index (χ0v) is 6.02. The molecule has 4 heteroatoms. The Bertz CT molecular complexity index is 433. The van der Waals surface area contributed by atoms with Crippen molar-refractivity contribution in [3.8, 4) is 5.95 Å². The van der Waals surface area contributed by atoms with Crippen LogP contribution in [0, 0.1) is 4.91 Å². The van der Waals surface area contributed by atoms with Gasteiger partial charge in [-0.05, 0) is 12.1 Å². The van der Waals surface area contributed by atoms with Gasteiger partial charge >= 0.3 is 0 Å². The summed E-state index contributed by atoms with van der Waals surface area (Å²) in [6, 6.07) is 6.80. The minimum Gasteiger partial charge on any atom is -0.480 e. The number of nitrogens with zero attached hydrogens (tertiary/aromatic N) is 1. The van der Waals surface area contributed by atoms with Gasteiger partial charge in [0.15, 0.2) is 0 Å². The monoisotopic (exact) mass is 163 g/mol. The third-order valence-corrected chi connectivity index (χ3v) is 1.66. The van der Waals surface area contributed by atoms with Gasteiger partial charge in [-0.1, -0.05) is 12.1 Å². The van der Waals surface area contributed by atoms with Crippen LogP contribution in [0.3, 0.4) is 0 Å². The molecule has 0 aliphatic rings. The smallest absolute Gasteiger partial charge is 0.292 e. The van der Waals surface area contributed by atoms with Crippen LogP contribution in [0.15, 0.2) is 33.9 Å². The zero-order chi connectivity index (χ0) is 8.55. The Morgan fingerprint density at radius 2 is 1.92 bits per heavy atom. The normalized spacial score (nSPS) is 10.3. The van der Waals surface area contributed by atoms with Crippen LogP contribution in [0.2, 0.25) is 0 Å². The highest BCUT2D eigenvalue weighted by Gasteiger charge is 2.10. The van der Waals surface area contributed by atoms with E-state index in [1.54, 1.807) is 24.3 Å². The molecule has 4 nitrogen and oxygen atoms in total. The second kappa shape index (κ2) is 2.34. The summed E-state index contributed by atoms with van der Waals surface area (Å²) in [7, 11) is 0. The Morgan fingerprint density at radius 1 is 1.25 bits per heavy atom. The molecule has 0 unspecified atom stereocenters. The number of benzene rings is 1. The van der Waals surface area contributed by atoms with Crippen molar-refractivity contribution in [2.75, 3.05) is 0 Å². The van der Waals surface area contributed by atoms with Crippen LogP contribution in [0.4, 0.5) is 5.88 Å². The van der Waals surface area contributed by atoms with E-state index in [1.165, 1.54) is 0 Å². The molecule has 2 rings (SSSR count). The molecule has 0 saturated heterocycles. The molecule has 0 fully saturated rings. The average molecular weight is 163 g/mol. The SMILES string of the molecule is O=Nc1oc(O)c2ccccc12. The van der Waals surface area contributed by atoms with E-state index in [1.807, 2.05) is 0 Å². The molecule has 60 valence electrons.